The number of nitrogens with zero attached hydrogens (tertiary/aromatic N) is 3. The third-order valence-corrected chi connectivity index (χ3v) is 5.34. The minimum Gasteiger partial charge on any atom is -0.359 e. The second-order valence-electron chi connectivity index (χ2n) is 6.72. The molecule has 0 aromatic carbocycles. The van der Waals surface area contributed by atoms with Crippen molar-refractivity contribution in [2.75, 3.05) is 38.2 Å². The predicted molar refractivity (Wildman–Crippen MR) is 103 cm³/mol. The SMILES string of the molecule is CCNC(=NCc1cc(CC)no1)NC1CCN(CCS(C)(=O)=O)CC1. The third kappa shape index (κ3) is 7.33. The van der Waals surface area contributed by atoms with Gasteiger partial charge in [0.1, 0.15) is 16.4 Å². The van der Waals surface area contributed by atoms with E-state index in [0.29, 0.717) is 19.1 Å². The number of aryl methyl sites for hydroxylation is 1. The summed E-state index contributed by atoms with van der Waals surface area (Å²) in [6.07, 6.45) is 4.08. The number of aliphatic imine (C=N–C) groups is 1. The van der Waals surface area contributed by atoms with Crippen LogP contribution in [0.5, 0.6) is 0 Å². The largest absolute Gasteiger partial charge is 0.359 e. The second-order valence-corrected chi connectivity index (χ2v) is 8.98. The van der Waals surface area contributed by atoms with Crippen LogP contribution < -0.4 is 10.6 Å². The first-order valence-electron chi connectivity index (χ1n) is 9.29. The fourth-order valence-corrected chi connectivity index (χ4v) is 3.45. The van der Waals surface area contributed by atoms with Crippen molar-refractivity contribution >= 4 is 15.8 Å². The van der Waals surface area contributed by atoms with Crippen LogP contribution in [0, 0.1) is 0 Å². The van der Waals surface area contributed by atoms with Crippen molar-refractivity contribution in [3.63, 3.8) is 0 Å². The average Bonchev–Trinajstić information content (AvgIpc) is 3.07. The number of guanidine groups is 1. The summed E-state index contributed by atoms with van der Waals surface area (Å²) in [6, 6.07) is 2.27. The Kier molecular flexibility index (Phi) is 7.89. The van der Waals surface area contributed by atoms with Gasteiger partial charge in [0.15, 0.2) is 11.7 Å². The van der Waals surface area contributed by atoms with Crippen molar-refractivity contribution in [2.45, 2.75) is 45.7 Å². The molecule has 0 saturated carbocycles. The Bertz CT molecular complexity index is 678. The van der Waals surface area contributed by atoms with Crippen LogP contribution >= 0.6 is 0 Å². The quantitative estimate of drug-likeness (QED) is 0.504. The molecule has 1 fully saturated rings. The zero-order valence-corrected chi connectivity index (χ0v) is 16.8. The fraction of sp³-hybridized carbons (Fsp3) is 0.765. The molecule has 0 bridgehead atoms. The van der Waals surface area contributed by atoms with Crippen molar-refractivity contribution in [3.05, 3.63) is 17.5 Å². The van der Waals surface area contributed by atoms with E-state index < -0.39 is 9.84 Å². The number of hydrogen-bond acceptors (Lipinski definition) is 6. The van der Waals surface area contributed by atoms with Gasteiger partial charge in [0, 0.05) is 44.5 Å². The zero-order chi connectivity index (χ0) is 19.0. The molecule has 0 aliphatic carbocycles. The van der Waals surface area contributed by atoms with Gasteiger partial charge in [0.2, 0.25) is 0 Å². The van der Waals surface area contributed by atoms with Crippen molar-refractivity contribution in [3.8, 4) is 0 Å². The highest BCUT2D eigenvalue weighted by Crippen LogP contribution is 2.11. The van der Waals surface area contributed by atoms with E-state index >= 15 is 0 Å². The molecule has 0 spiro atoms. The zero-order valence-electron chi connectivity index (χ0n) is 16.0. The van der Waals surface area contributed by atoms with Crippen LogP contribution in [0.25, 0.3) is 0 Å². The van der Waals surface area contributed by atoms with E-state index in [0.717, 1.165) is 56.3 Å². The number of aromatic nitrogens is 1. The number of rotatable bonds is 8. The van der Waals surface area contributed by atoms with E-state index in [4.69, 9.17) is 4.52 Å². The summed E-state index contributed by atoms with van der Waals surface area (Å²) in [5.74, 6) is 1.76. The normalized spacial score (nSPS) is 17.4. The molecular formula is C17H31N5O3S. The average molecular weight is 386 g/mol. The lowest BCUT2D eigenvalue weighted by molar-refractivity contribution is 0.216. The molecule has 1 saturated heterocycles. The van der Waals surface area contributed by atoms with Crippen LogP contribution in [0.2, 0.25) is 0 Å². The highest BCUT2D eigenvalue weighted by Gasteiger charge is 2.20. The Balaban J connectivity index is 1.81. The molecule has 1 aliphatic heterocycles. The Hall–Kier alpha value is -1.61. The lowest BCUT2D eigenvalue weighted by atomic mass is 10.1. The topological polar surface area (TPSA) is 99.8 Å². The van der Waals surface area contributed by atoms with Crippen LogP contribution in [-0.4, -0.2) is 68.7 Å². The maximum absolute atomic E-state index is 11.3. The van der Waals surface area contributed by atoms with E-state index in [1.807, 2.05) is 19.9 Å². The van der Waals surface area contributed by atoms with Crippen LogP contribution in [0.4, 0.5) is 0 Å². The molecule has 1 aromatic heterocycles. The van der Waals surface area contributed by atoms with E-state index in [2.05, 4.69) is 25.7 Å². The van der Waals surface area contributed by atoms with Gasteiger partial charge in [0.25, 0.3) is 0 Å². The summed E-state index contributed by atoms with van der Waals surface area (Å²) in [4.78, 5) is 6.79. The molecule has 26 heavy (non-hydrogen) atoms. The van der Waals surface area contributed by atoms with Crippen LogP contribution in [0.3, 0.4) is 0 Å². The summed E-state index contributed by atoms with van der Waals surface area (Å²) < 4.78 is 27.9. The Labute approximate surface area is 156 Å². The lowest BCUT2D eigenvalue weighted by Gasteiger charge is -2.32. The molecule has 9 heteroatoms. The first-order valence-corrected chi connectivity index (χ1v) is 11.3. The maximum atomic E-state index is 11.3. The third-order valence-electron chi connectivity index (χ3n) is 4.41. The first kappa shape index (κ1) is 20.7. The van der Waals surface area contributed by atoms with Crippen LogP contribution in [0.1, 0.15) is 38.1 Å². The molecule has 1 aromatic rings. The molecule has 0 atom stereocenters. The first-order chi connectivity index (χ1) is 12.4. The van der Waals surface area contributed by atoms with Gasteiger partial charge in [-0.2, -0.15) is 0 Å². The van der Waals surface area contributed by atoms with Crippen LogP contribution in [0.15, 0.2) is 15.6 Å². The van der Waals surface area contributed by atoms with Gasteiger partial charge < -0.3 is 20.1 Å². The molecule has 2 N–H and O–H groups in total. The van der Waals surface area contributed by atoms with Gasteiger partial charge in [-0.15, -0.1) is 0 Å². The molecule has 0 radical (unpaired) electrons. The molecule has 8 nitrogen and oxygen atoms in total. The van der Waals surface area contributed by atoms with Crippen molar-refractivity contribution in [1.82, 2.24) is 20.7 Å². The Morgan fingerprint density at radius 2 is 2.12 bits per heavy atom. The van der Waals surface area contributed by atoms with Gasteiger partial charge in [-0.1, -0.05) is 12.1 Å². The van der Waals surface area contributed by atoms with Crippen molar-refractivity contribution in [1.29, 1.82) is 0 Å². The van der Waals surface area contributed by atoms with E-state index in [1.54, 1.807) is 0 Å². The molecule has 0 amide bonds. The molecule has 148 valence electrons. The number of nitrogens with one attached hydrogen (secondary N) is 2. The number of likely N-dealkylation sites (tertiary alicyclic amines) is 1. The molecule has 2 heterocycles. The summed E-state index contributed by atoms with van der Waals surface area (Å²) in [5.41, 5.74) is 0.939. The lowest BCUT2D eigenvalue weighted by Crippen LogP contribution is -2.49. The fourth-order valence-electron chi connectivity index (χ4n) is 2.86. The Morgan fingerprint density at radius 1 is 1.38 bits per heavy atom. The highest BCUT2D eigenvalue weighted by molar-refractivity contribution is 7.90. The predicted octanol–water partition coefficient (Wildman–Crippen LogP) is 0.801. The van der Waals surface area contributed by atoms with Gasteiger partial charge in [-0.3, -0.25) is 0 Å². The van der Waals surface area contributed by atoms with Gasteiger partial charge in [0.05, 0.1) is 11.4 Å². The summed E-state index contributed by atoms with van der Waals surface area (Å²) >= 11 is 0. The summed E-state index contributed by atoms with van der Waals surface area (Å²) in [6.45, 7) is 7.73. The monoisotopic (exact) mass is 385 g/mol. The number of hydrogen-bond donors (Lipinski definition) is 2. The summed E-state index contributed by atoms with van der Waals surface area (Å²) in [7, 11) is -2.90. The summed E-state index contributed by atoms with van der Waals surface area (Å²) in [5, 5.41) is 10.7. The van der Waals surface area contributed by atoms with Gasteiger partial charge in [-0.05, 0) is 26.2 Å². The van der Waals surface area contributed by atoms with E-state index in [1.165, 1.54) is 6.26 Å². The van der Waals surface area contributed by atoms with Gasteiger partial charge >= 0.3 is 0 Å². The smallest absolute Gasteiger partial charge is 0.191 e. The molecule has 0 unspecified atom stereocenters. The molecule has 2 rings (SSSR count). The molecular weight excluding hydrogens is 354 g/mol. The van der Waals surface area contributed by atoms with E-state index in [9.17, 15) is 8.42 Å². The standard InChI is InChI=1S/C17H31N5O3S/c1-4-14-12-16(25-21-14)13-19-17(18-5-2)20-15-6-8-22(9-7-15)10-11-26(3,23)24/h12,15H,4-11,13H2,1-3H3,(H2,18,19,20). The number of piperidine rings is 1. The minimum atomic E-state index is -2.90. The maximum Gasteiger partial charge on any atom is 0.191 e. The van der Waals surface area contributed by atoms with Gasteiger partial charge in [-0.25, -0.2) is 13.4 Å². The van der Waals surface area contributed by atoms with E-state index in [-0.39, 0.29) is 5.75 Å². The second kappa shape index (κ2) is 9.91. The number of sulfone groups is 1. The van der Waals surface area contributed by atoms with Crippen molar-refractivity contribution < 1.29 is 12.9 Å². The Morgan fingerprint density at radius 3 is 2.69 bits per heavy atom. The minimum absolute atomic E-state index is 0.228. The van der Waals surface area contributed by atoms with Crippen LogP contribution in [-0.2, 0) is 22.8 Å². The van der Waals surface area contributed by atoms with Crippen molar-refractivity contribution in [2.24, 2.45) is 4.99 Å². The molecule has 1 aliphatic rings. The highest BCUT2D eigenvalue weighted by atomic mass is 32.2.